The van der Waals surface area contributed by atoms with Crippen LogP contribution in [0.15, 0.2) is 29.3 Å². The lowest BCUT2D eigenvalue weighted by atomic mass is 10.3. The van der Waals surface area contributed by atoms with E-state index in [0.29, 0.717) is 0 Å². The third-order valence-corrected chi connectivity index (χ3v) is 3.11. The number of rotatable bonds is 0. The molecule has 5 heteroatoms. The molecule has 0 atom stereocenters. The number of fused-ring (bicyclic) bond motifs is 1. The van der Waals surface area contributed by atoms with Crippen molar-refractivity contribution in [3.05, 3.63) is 28.2 Å². The fourth-order valence-electron chi connectivity index (χ4n) is 1.22. The summed E-state index contributed by atoms with van der Waals surface area (Å²) in [7, 11) is 0. The molecule has 1 aromatic carbocycles. The first-order valence-corrected chi connectivity index (χ1v) is 5.88. The highest BCUT2D eigenvalue weighted by Crippen LogP contribution is 2.17. The molecule has 0 unspecified atom stereocenters. The summed E-state index contributed by atoms with van der Waals surface area (Å²) in [5.41, 5.74) is 1.14. The minimum atomic E-state index is 0.848. The van der Waals surface area contributed by atoms with Crippen molar-refractivity contribution in [1.82, 2.24) is 10.3 Å². The van der Waals surface area contributed by atoms with Crippen LogP contribution < -0.4 is 5.32 Å². The van der Waals surface area contributed by atoms with Crippen LogP contribution in [0, 0.1) is 3.95 Å². The minimum Gasteiger partial charge on any atom is -0.375 e. The number of nitrogens with one attached hydrogen (secondary N) is 2. The van der Waals surface area contributed by atoms with Gasteiger partial charge in [0.1, 0.15) is 0 Å². The first-order chi connectivity index (χ1) is 7.36. The van der Waals surface area contributed by atoms with Gasteiger partial charge in [0.25, 0.3) is 0 Å². The number of hydrogen-bond donors (Lipinski definition) is 2. The van der Waals surface area contributed by atoms with Crippen molar-refractivity contribution in [2.75, 3.05) is 13.1 Å². The number of aliphatic imine (C=N–C) groups is 1. The lowest BCUT2D eigenvalue weighted by Crippen LogP contribution is -2.04. The number of hydrogen-bond acceptors (Lipinski definition) is 4. The number of para-hydroxylation sites is 1. The van der Waals surface area contributed by atoms with Crippen molar-refractivity contribution in [2.24, 2.45) is 4.99 Å². The van der Waals surface area contributed by atoms with Gasteiger partial charge in [-0.1, -0.05) is 12.1 Å². The number of benzene rings is 1. The van der Waals surface area contributed by atoms with Crippen molar-refractivity contribution in [2.45, 2.75) is 0 Å². The van der Waals surface area contributed by atoms with Crippen molar-refractivity contribution >= 4 is 40.1 Å². The number of aromatic nitrogens is 1. The van der Waals surface area contributed by atoms with Crippen molar-refractivity contribution in [1.29, 1.82) is 0 Å². The number of nitrogens with zero attached hydrogens (tertiary/aromatic N) is 1. The Morgan fingerprint density at radius 1 is 1.33 bits per heavy atom. The molecule has 0 fully saturated rings. The van der Waals surface area contributed by atoms with Gasteiger partial charge in [-0.15, -0.1) is 11.3 Å². The maximum Gasteiger partial charge on any atom is 0.159 e. The van der Waals surface area contributed by atoms with E-state index in [1.807, 2.05) is 18.2 Å². The summed E-state index contributed by atoms with van der Waals surface area (Å²) in [6, 6.07) is 8.11. The van der Waals surface area contributed by atoms with Gasteiger partial charge >= 0.3 is 0 Å². The number of thiazole rings is 1. The summed E-state index contributed by atoms with van der Waals surface area (Å²) in [5.74, 6) is 0. The molecule has 1 aromatic heterocycles. The first-order valence-electron chi connectivity index (χ1n) is 4.66. The van der Waals surface area contributed by atoms with E-state index >= 15 is 0 Å². The molecule has 1 aliphatic rings. The van der Waals surface area contributed by atoms with E-state index in [2.05, 4.69) is 21.4 Å². The maximum absolute atomic E-state index is 4.98. The molecule has 0 aliphatic carbocycles. The summed E-state index contributed by atoms with van der Waals surface area (Å²) in [4.78, 5) is 6.94. The molecule has 0 saturated carbocycles. The van der Waals surface area contributed by atoms with Gasteiger partial charge in [0.2, 0.25) is 0 Å². The maximum atomic E-state index is 4.98. The molecule has 3 rings (SSSR count). The van der Waals surface area contributed by atoms with Gasteiger partial charge in [-0.25, -0.2) is 0 Å². The van der Waals surface area contributed by atoms with Gasteiger partial charge in [-0.3, -0.25) is 4.99 Å². The summed E-state index contributed by atoms with van der Waals surface area (Å²) >= 11 is 6.59. The number of H-pyrrole nitrogens is 1. The van der Waals surface area contributed by atoms with Crippen LogP contribution in [0.25, 0.3) is 10.2 Å². The molecule has 15 heavy (non-hydrogen) atoms. The van der Waals surface area contributed by atoms with Gasteiger partial charge in [-0.2, -0.15) is 0 Å². The van der Waals surface area contributed by atoms with Crippen LogP contribution in [-0.4, -0.2) is 24.4 Å². The van der Waals surface area contributed by atoms with E-state index in [4.69, 9.17) is 12.2 Å². The second kappa shape index (κ2) is 5.04. The highest BCUT2D eigenvalue weighted by atomic mass is 32.1. The van der Waals surface area contributed by atoms with Gasteiger partial charge < -0.3 is 10.3 Å². The normalized spacial score (nSPS) is 13.3. The Balaban J connectivity index is 0.000000144. The molecule has 78 valence electrons. The zero-order chi connectivity index (χ0) is 10.5. The molecule has 0 spiro atoms. The topological polar surface area (TPSA) is 40.2 Å². The highest BCUT2D eigenvalue weighted by molar-refractivity contribution is 7.73. The molecule has 1 aliphatic heterocycles. The first kappa shape index (κ1) is 10.3. The van der Waals surface area contributed by atoms with Crippen LogP contribution in [0.5, 0.6) is 0 Å². The predicted molar refractivity (Wildman–Crippen MR) is 68.4 cm³/mol. The quantitative estimate of drug-likeness (QED) is 0.691. The van der Waals surface area contributed by atoms with Gasteiger partial charge in [0.15, 0.2) is 3.95 Å². The second-order valence-corrected chi connectivity index (χ2v) is 4.72. The Morgan fingerprint density at radius 3 is 2.80 bits per heavy atom. The molecule has 2 N–H and O–H groups in total. The van der Waals surface area contributed by atoms with Crippen LogP contribution in [0.3, 0.4) is 0 Å². The second-order valence-electron chi connectivity index (χ2n) is 3.00. The molecule has 2 heterocycles. The monoisotopic (exact) mass is 237 g/mol. The molecule has 0 radical (unpaired) electrons. The molecule has 2 aromatic rings. The largest absolute Gasteiger partial charge is 0.375 e. The average Bonchev–Trinajstić information content (AvgIpc) is 2.87. The predicted octanol–water partition coefficient (Wildman–Crippen LogP) is 2.58. The van der Waals surface area contributed by atoms with E-state index in [-0.39, 0.29) is 0 Å². The molecule has 0 amide bonds. The van der Waals surface area contributed by atoms with Crippen molar-refractivity contribution < 1.29 is 0 Å². The van der Waals surface area contributed by atoms with Gasteiger partial charge in [-0.05, 0) is 24.4 Å². The van der Waals surface area contributed by atoms with E-state index < -0.39 is 0 Å². The highest BCUT2D eigenvalue weighted by Gasteiger charge is 1.91. The van der Waals surface area contributed by atoms with Crippen molar-refractivity contribution in [3.8, 4) is 0 Å². The van der Waals surface area contributed by atoms with Crippen LogP contribution in [0.1, 0.15) is 0 Å². The molecule has 3 nitrogen and oxygen atoms in total. The Hall–Kier alpha value is -1.20. The third-order valence-electron chi connectivity index (χ3n) is 1.89. The van der Waals surface area contributed by atoms with E-state index in [1.165, 1.54) is 4.70 Å². The third kappa shape index (κ3) is 2.87. The Kier molecular flexibility index (Phi) is 3.47. The summed E-state index contributed by atoms with van der Waals surface area (Å²) in [5, 5.41) is 2.93. The fraction of sp³-hybridized carbons (Fsp3) is 0.200. The smallest absolute Gasteiger partial charge is 0.159 e. The molecule has 0 saturated heterocycles. The van der Waals surface area contributed by atoms with Crippen LogP contribution in [0.4, 0.5) is 0 Å². The summed E-state index contributed by atoms with van der Waals surface area (Å²) in [6.45, 7) is 1.99. The van der Waals surface area contributed by atoms with E-state index in [0.717, 1.165) is 22.6 Å². The average molecular weight is 237 g/mol. The Bertz CT molecular complexity index is 470. The van der Waals surface area contributed by atoms with Crippen molar-refractivity contribution in [3.63, 3.8) is 0 Å². The standard InChI is InChI=1S/C7H5NS2.C3H6N2/c9-7-8-5-3-1-2-4-6(5)10-7;1-2-5-3-4-1/h1-4H,(H,8,9);3H,1-2H2,(H,4,5). The number of aromatic amines is 1. The molecular weight excluding hydrogens is 226 g/mol. The van der Waals surface area contributed by atoms with E-state index in [1.54, 1.807) is 17.7 Å². The zero-order valence-corrected chi connectivity index (χ0v) is 9.70. The Labute approximate surface area is 96.9 Å². The van der Waals surface area contributed by atoms with Crippen LogP contribution in [0.2, 0.25) is 0 Å². The molecule has 0 bridgehead atoms. The summed E-state index contributed by atoms with van der Waals surface area (Å²) in [6.07, 6.45) is 1.74. The van der Waals surface area contributed by atoms with Gasteiger partial charge in [0.05, 0.1) is 23.1 Å². The van der Waals surface area contributed by atoms with Gasteiger partial charge in [0, 0.05) is 6.54 Å². The van der Waals surface area contributed by atoms with E-state index in [9.17, 15) is 0 Å². The summed E-state index contributed by atoms with van der Waals surface area (Å²) < 4.78 is 2.08. The zero-order valence-electron chi connectivity index (χ0n) is 8.06. The fourth-order valence-corrected chi connectivity index (χ4v) is 2.33. The van der Waals surface area contributed by atoms with Crippen LogP contribution >= 0.6 is 23.6 Å². The lowest BCUT2D eigenvalue weighted by Gasteiger charge is -1.81. The minimum absolute atomic E-state index is 0.848. The lowest BCUT2D eigenvalue weighted by molar-refractivity contribution is 0.965. The molecular formula is C10H11N3S2. The van der Waals surface area contributed by atoms with Crippen LogP contribution in [-0.2, 0) is 0 Å². The Morgan fingerprint density at radius 2 is 2.20 bits per heavy atom. The SMILES string of the molecule is C1=NCCN1.S=c1[nH]c2ccccc2s1.